The van der Waals surface area contributed by atoms with E-state index in [1.165, 1.54) is 5.56 Å². The van der Waals surface area contributed by atoms with Crippen LogP contribution < -0.4 is 5.32 Å². The lowest BCUT2D eigenvalue weighted by atomic mass is 10.1. The molecule has 0 aromatic heterocycles. The zero-order valence-corrected chi connectivity index (χ0v) is 10.7. The Morgan fingerprint density at radius 2 is 2.22 bits per heavy atom. The van der Waals surface area contributed by atoms with Crippen molar-refractivity contribution in [1.82, 2.24) is 10.2 Å². The maximum absolute atomic E-state index is 8.74. The fourth-order valence-corrected chi connectivity index (χ4v) is 2.15. The summed E-state index contributed by atoms with van der Waals surface area (Å²) < 4.78 is 5.68. The Hall–Kier alpha value is -1.41. The third-order valence-corrected chi connectivity index (χ3v) is 3.06. The van der Waals surface area contributed by atoms with Crippen LogP contribution in [0.15, 0.2) is 24.3 Å². The van der Waals surface area contributed by atoms with E-state index in [-0.39, 0.29) is 6.10 Å². The van der Waals surface area contributed by atoms with Crippen LogP contribution in [0.3, 0.4) is 0 Å². The number of morpholine rings is 1. The molecule has 1 aliphatic heterocycles. The quantitative estimate of drug-likeness (QED) is 0.859. The molecule has 1 atom stereocenters. The lowest BCUT2D eigenvalue weighted by molar-refractivity contribution is 0.00885. The molecule has 1 aliphatic rings. The Labute approximate surface area is 108 Å². The summed E-state index contributed by atoms with van der Waals surface area (Å²) in [7, 11) is 2.09. The minimum Gasteiger partial charge on any atom is -0.374 e. The molecule has 18 heavy (non-hydrogen) atoms. The zero-order chi connectivity index (χ0) is 12.8. The van der Waals surface area contributed by atoms with Crippen LogP contribution >= 0.6 is 0 Å². The van der Waals surface area contributed by atoms with Crippen LogP contribution in [0.2, 0.25) is 0 Å². The van der Waals surface area contributed by atoms with Crippen LogP contribution in [-0.4, -0.2) is 44.3 Å². The number of ether oxygens (including phenoxy) is 1. The highest BCUT2D eigenvalue weighted by molar-refractivity contribution is 5.31. The molecule has 1 aromatic rings. The average molecular weight is 245 g/mol. The lowest BCUT2D eigenvalue weighted by Gasteiger charge is -2.28. The number of nitriles is 1. The van der Waals surface area contributed by atoms with Crippen molar-refractivity contribution in [3.05, 3.63) is 35.4 Å². The molecule has 1 aromatic carbocycles. The molecule has 0 aliphatic carbocycles. The minimum atomic E-state index is 0.280. The number of nitrogens with one attached hydrogen (secondary N) is 1. The molecule has 1 N–H and O–H groups in total. The van der Waals surface area contributed by atoms with Crippen molar-refractivity contribution in [3.63, 3.8) is 0 Å². The second-order valence-corrected chi connectivity index (χ2v) is 4.70. The third kappa shape index (κ3) is 3.81. The maximum Gasteiger partial charge on any atom is 0.0991 e. The topological polar surface area (TPSA) is 48.3 Å². The molecule has 1 heterocycles. The Morgan fingerprint density at radius 3 is 2.83 bits per heavy atom. The van der Waals surface area contributed by atoms with Crippen molar-refractivity contribution in [1.29, 1.82) is 5.26 Å². The van der Waals surface area contributed by atoms with Crippen LogP contribution in [0, 0.1) is 11.3 Å². The Kier molecular flexibility index (Phi) is 4.71. The van der Waals surface area contributed by atoms with E-state index in [9.17, 15) is 0 Å². The molecule has 1 fully saturated rings. The molecule has 1 unspecified atom stereocenters. The van der Waals surface area contributed by atoms with Gasteiger partial charge in [-0.3, -0.25) is 4.90 Å². The van der Waals surface area contributed by atoms with Crippen LogP contribution in [0.4, 0.5) is 0 Å². The van der Waals surface area contributed by atoms with Crippen LogP contribution in [0.1, 0.15) is 11.1 Å². The van der Waals surface area contributed by atoms with E-state index in [0.717, 1.165) is 32.8 Å². The van der Waals surface area contributed by atoms with Crippen LogP contribution in [-0.2, 0) is 11.3 Å². The number of benzene rings is 1. The van der Waals surface area contributed by atoms with Gasteiger partial charge in [0.25, 0.3) is 0 Å². The summed E-state index contributed by atoms with van der Waals surface area (Å²) in [6.07, 6.45) is 0.280. The summed E-state index contributed by atoms with van der Waals surface area (Å²) in [6, 6.07) is 9.88. The van der Waals surface area contributed by atoms with Crippen molar-refractivity contribution in [2.75, 3.05) is 33.3 Å². The molecular weight excluding hydrogens is 226 g/mol. The molecule has 0 radical (unpaired) electrons. The monoisotopic (exact) mass is 245 g/mol. The highest BCUT2D eigenvalue weighted by atomic mass is 16.5. The van der Waals surface area contributed by atoms with Crippen molar-refractivity contribution in [3.8, 4) is 6.07 Å². The fraction of sp³-hybridized carbons (Fsp3) is 0.500. The minimum absolute atomic E-state index is 0.280. The van der Waals surface area contributed by atoms with Gasteiger partial charge in [-0.05, 0) is 24.7 Å². The molecular formula is C14H19N3O. The predicted molar refractivity (Wildman–Crippen MR) is 70.1 cm³/mol. The number of hydrogen-bond acceptors (Lipinski definition) is 4. The molecule has 4 nitrogen and oxygen atoms in total. The first-order valence-corrected chi connectivity index (χ1v) is 6.28. The summed E-state index contributed by atoms with van der Waals surface area (Å²) >= 11 is 0. The smallest absolute Gasteiger partial charge is 0.0991 e. The van der Waals surface area contributed by atoms with E-state index in [0.29, 0.717) is 5.56 Å². The van der Waals surface area contributed by atoms with Crippen LogP contribution in [0.5, 0.6) is 0 Å². The van der Waals surface area contributed by atoms with Gasteiger partial charge in [-0.15, -0.1) is 0 Å². The van der Waals surface area contributed by atoms with Crippen molar-refractivity contribution in [2.45, 2.75) is 12.6 Å². The lowest BCUT2D eigenvalue weighted by Crippen LogP contribution is -2.44. The molecule has 0 amide bonds. The molecule has 0 saturated carbocycles. The Morgan fingerprint density at radius 1 is 1.44 bits per heavy atom. The van der Waals surface area contributed by atoms with Gasteiger partial charge in [-0.25, -0.2) is 0 Å². The molecule has 96 valence electrons. The number of nitrogens with zero attached hydrogens (tertiary/aromatic N) is 2. The number of likely N-dealkylation sites (N-methyl/N-ethyl adjacent to an activating group) is 1. The van der Waals surface area contributed by atoms with E-state index >= 15 is 0 Å². The van der Waals surface area contributed by atoms with Crippen molar-refractivity contribution in [2.24, 2.45) is 0 Å². The second-order valence-electron chi connectivity index (χ2n) is 4.70. The summed E-state index contributed by atoms with van der Waals surface area (Å²) in [5.41, 5.74) is 1.93. The Bertz CT molecular complexity index is 404. The van der Waals surface area contributed by atoms with E-state index < -0.39 is 0 Å². The highest BCUT2D eigenvalue weighted by Gasteiger charge is 2.15. The molecule has 0 spiro atoms. The number of rotatable bonds is 4. The summed E-state index contributed by atoms with van der Waals surface area (Å²) in [4.78, 5) is 2.25. The first kappa shape index (κ1) is 13.0. The summed E-state index contributed by atoms with van der Waals surface area (Å²) in [5.74, 6) is 0. The second kappa shape index (κ2) is 6.50. The third-order valence-electron chi connectivity index (χ3n) is 3.06. The molecule has 1 saturated heterocycles. The predicted octanol–water partition coefficient (Wildman–Crippen LogP) is 0.978. The first-order valence-electron chi connectivity index (χ1n) is 6.28. The zero-order valence-electron chi connectivity index (χ0n) is 10.7. The molecule has 4 heteroatoms. The largest absolute Gasteiger partial charge is 0.374 e. The van der Waals surface area contributed by atoms with E-state index in [2.05, 4.69) is 23.3 Å². The maximum atomic E-state index is 8.74. The van der Waals surface area contributed by atoms with Gasteiger partial charge in [0, 0.05) is 26.2 Å². The van der Waals surface area contributed by atoms with Gasteiger partial charge in [0.05, 0.1) is 24.3 Å². The SMILES string of the molecule is CN(Cc1ccc(C#N)cc1)CC1CNCCO1. The summed E-state index contributed by atoms with van der Waals surface area (Å²) in [6.45, 7) is 4.49. The van der Waals surface area contributed by atoms with E-state index in [4.69, 9.17) is 10.00 Å². The normalized spacial score (nSPS) is 19.7. The van der Waals surface area contributed by atoms with Gasteiger partial charge in [-0.1, -0.05) is 12.1 Å². The van der Waals surface area contributed by atoms with Crippen LogP contribution in [0.25, 0.3) is 0 Å². The molecule has 0 bridgehead atoms. The van der Waals surface area contributed by atoms with Gasteiger partial charge < -0.3 is 10.1 Å². The standard InChI is InChI=1S/C14H19N3O/c1-17(11-14-9-16-6-7-18-14)10-13-4-2-12(8-15)3-5-13/h2-5,14,16H,6-7,9-11H2,1H3. The van der Waals surface area contributed by atoms with Crippen molar-refractivity contribution >= 4 is 0 Å². The Balaban J connectivity index is 1.82. The van der Waals surface area contributed by atoms with E-state index in [1.54, 1.807) is 0 Å². The summed E-state index contributed by atoms with van der Waals surface area (Å²) in [5, 5.41) is 12.1. The average Bonchev–Trinajstić information content (AvgIpc) is 2.40. The molecule has 2 rings (SSSR count). The van der Waals surface area contributed by atoms with Gasteiger partial charge in [0.1, 0.15) is 0 Å². The first-order chi connectivity index (χ1) is 8.78. The fourth-order valence-electron chi connectivity index (χ4n) is 2.15. The van der Waals surface area contributed by atoms with Gasteiger partial charge >= 0.3 is 0 Å². The van der Waals surface area contributed by atoms with Gasteiger partial charge in [-0.2, -0.15) is 5.26 Å². The van der Waals surface area contributed by atoms with E-state index in [1.807, 2.05) is 24.3 Å². The van der Waals surface area contributed by atoms with Gasteiger partial charge in [0.2, 0.25) is 0 Å². The van der Waals surface area contributed by atoms with Gasteiger partial charge in [0.15, 0.2) is 0 Å². The highest BCUT2D eigenvalue weighted by Crippen LogP contribution is 2.07. The number of hydrogen-bond donors (Lipinski definition) is 1. The van der Waals surface area contributed by atoms with Crippen molar-refractivity contribution < 1.29 is 4.74 Å².